The summed E-state index contributed by atoms with van der Waals surface area (Å²) in [6, 6.07) is 14.9. The Morgan fingerprint density at radius 2 is 1.71 bits per heavy atom. The Hall–Kier alpha value is -1.85. The van der Waals surface area contributed by atoms with Gasteiger partial charge in [0.1, 0.15) is 5.75 Å². The van der Waals surface area contributed by atoms with Crippen LogP contribution in [-0.4, -0.2) is 16.9 Å². The molecule has 0 radical (unpaired) electrons. The number of halogens is 1. The molecule has 2 aromatic carbocycles. The van der Waals surface area contributed by atoms with E-state index in [4.69, 9.17) is 20.6 Å². The predicted octanol–water partition coefficient (Wildman–Crippen LogP) is 3.66. The minimum Gasteiger partial charge on any atom is -0.449 e. The molecule has 0 saturated carbocycles. The van der Waals surface area contributed by atoms with E-state index in [-0.39, 0.29) is 24.8 Å². The second-order valence-electron chi connectivity index (χ2n) is 4.77. The normalized spacial score (nSPS) is 13.1. The number of esters is 1. The van der Waals surface area contributed by atoms with Gasteiger partial charge in [0.2, 0.25) is 0 Å². The Balaban J connectivity index is 1.89. The summed E-state index contributed by atoms with van der Waals surface area (Å²) >= 11 is 5.30. The van der Waals surface area contributed by atoms with Crippen molar-refractivity contribution in [2.24, 2.45) is 0 Å². The van der Waals surface area contributed by atoms with Gasteiger partial charge < -0.3 is 9.26 Å². The smallest absolute Gasteiger partial charge is 0.449 e. The Morgan fingerprint density at radius 1 is 1.04 bits per heavy atom. The third-order valence-electron chi connectivity index (χ3n) is 2.95. The van der Waals surface area contributed by atoms with E-state index in [0.717, 1.165) is 5.56 Å². The van der Waals surface area contributed by atoms with Crippen molar-refractivity contribution < 1.29 is 28.0 Å². The molecule has 0 saturated heterocycles. The standard InChI is InChI=1S/C16H16ClO6P/c17-12-21-16(18)10-13-6-8-15(9-7-13)23-24(19,20)22-11-14-4-2-1-3-5-14/h1-9H,10-12H2,(H,19,20). The predicted molar refractivity (Wildman–Crippen MR) is 88.6 cm³/mol. The van der Waals surface area contributed by atoms with Gasteiger partial charge >= 0.3 is 13.8 Å². The van der Waals surface area contributed by atoms with Crippen molar-refractivity contribution in [3.05, 3.63) is 65.7 Å². The summed E-state index contributed by atoms with van der Waals surface area (Å²) in [6.45, 7) is -0.0447. The number of phosphoric ester groups is 1. The average molecular weight is 371 g/mol. The first kappa shape index (κ1) is 18.5. The van der Waals surface area contributed by atoms with Crippen LogP contribution in [0.15, 0.2) is 54.6 Å². The molecule has 0 aliphatic carbocycles. The van der Waals surface area contributed by atoms with Gasteiger partial charge in [-0.05, 0) is 23.3 Å². The molecule has 1 atom stereocenters. The molecule has 0 bridgehead atoms. The Kier molecular flexibility index (Phi) is 6.82. The summed E-state index contributed by atoms with van der Waals surface area (Å²) in [5.74, 6) is -0.305. The van der Waals surface area contributed by atoms with Crippen molar-refractivity contribution in [2.45, 2.75) is 13.0 Å². The van der Waals surface area contributed by atoms with Gasteiger partial charge in [0.05, 0.1) is 13.0 Å². The zero-order valence-corrected chi connectivity index (χ0v) is 14.3. The number of phosphoric acid groups is 1. The summed E-state index contributed by atoms with van der Waals surface area (Å²) in [5, 5.41) is 0. The van der Waals surface area contributed by atoms with Crippen molar-refractivity contribution >= 4 is 25.4 Å². The first-order chi connectivity index (χ1) is 11.5. The maximum Gasteiger partial charge on any atom is 0.527 e. The number of hydrogen-bond acceptors (Lipinski definition) is 5. The maximum atomic E-state index is 11.9. The SMILES string of the molecule is O=C(Cc1ccc(OP(=O)(O)OCc2ccccc2)cc1)OCCl. The third-order valence-corrected chi connectivity index (χ3v) is 3.95. The number of alkyl halides is 1. The van der Waals surface area contributed by atoms with Gasteiger partial charge in [-0.15, -0.1) is 0 Å². The van der Waals surface area contributed by atoms with Gasteiger partial charge in [-0.25, -0.2) is 4.57 Å². The van der Waals surface area contributed by atoms with E-state index in [9.17, 15) is 14.3 Å². The highest BCUT2D eigenvalue weighted by Crippen LogP contribution is 2.44. The largest absolute Gasteiger partial charge is 0.527 e. The lowest BCUT2D eigenvalue weighted by Crippen LogP contribution is -2.06. The molecule has 24 heavy (non-hydrogen) atoms. The van der Waals surface area contributed by atoms with E-state index >= 15 is 0 Å². The second-order valence-corrected chi connectivity index (χ2v) is 6.36. The third kappa shape index (κ3) is 6.34. The molecule has 0 aliphatic heterocycles. The topological polar surface area (TPSA) is 82.1 Å². The minimum atomic E-state index is -4.24. The van der Waals surface area contributed by atoms with Gasteiger partial charge in [0.15, 0.2) is 6.07 Å². The van der Waals surface area contributed by atoms with Crippen molar-refractivity contribution in [1.29, 1.82) is 0 Å². The lowest BCUT2D eigenvalue weighted by molar-refractivity contribution is -0.140. The molecule has 0 amide bonds. The van der Waals surface area contributed by atoms with Crippen LogP contribution in [0.3, 0.4) is 0 Å². The molecule has 128 valence electrons. The lowest BCUT2D eigenvalue weighted by Gasteiger charge is -2.13. The van der Waals surface area contributed by atoms with Crippen LogP contribution in [0, 0.1) is 0 Å². The summed E-state index contributed by atoms with van der Waals surface area (Å²) in [4.78, 5) is 21.0. The molecule has 0 aromatic heterocycles. The molecule has 0 spiro atoms. The quantitative estimate of drug-likeness (QED) is 0.434. The Morgan fingerprint density at radius 3 is 2.33 bits per heavy atom. The molecule has 0 aliphatic rings. The fourth-order valence-electron chi connectivity index (χ4n) is 1.84. The molecular formula is C16H16ClO6P. The van der Waals surface area contributed by atoms with E-state index in [0.29, 0.717) is 5.56 Å². The van der Waals surface area contributed by atoms with E-state index in [1.165, 1.54) is 12.1 Å². The Bertz CT molecular complexity index is 704. The van der Waals surface area contributed by atoms with Crippen molar-refractivity contribution in [3.8, 4) is 5.75 Å². The monoisotopic (exact) mass is 370 g/mol. The fourth-order valence-corrected chi connectivity index (χ4v) is 2.71. The van der Waals surface area contributed by atoms with Crippen LogP contribution in [-0.2, 0) is 31.6 Å². The molecule has 1 N–H and O–H groups in total. The summed E-state index contributed by atoms with van der Waals surface area (Å²) in [7, 11) is -4.24. The zero-order valence-electron chi connectivity index (χ0n) is 12.6. The van der Waals surface area contributed by atoms with Gasteiger partial charge in [-0.2, -0.15) is 0 Å². The summed E-state index contributed by atoms with van der Waals surface area (Å²) in [6.07, 6.45) is 0.0499. The molecular weight excluding hydrogens is 355 g/mol. The van der Waals surface area contributed by atoms with E-state index in [1.807, 2.05) is 6.07 Å². The number of rotatable bonds is 8. The zero-order chi connectivity index (χ0) is 17.4. The Labute approximate surface area is 144 Å². The fraction of sp³-hybridized carbons (Fsp3) is 0.188. The number of ether oxygens (including phenoxy) is 1. The van der Waals surface area contributed by atoms with Crippen LogP contribution < -0.4 is 4.52 Å². The maximum absolute atomic E-state index is 11.9. The number of carbonyl (C=O) groups is 1. The van der Waals surface area contributed by atoms with Crippen LogP contribution in [0.25, 0.3) is 0 Å². The van der Waals surface area contributed by atoms with Gasteiger partial charge in [0.25, 0.3) is 0 Å². The van der Waals surface area contributed by atoms with E-state index in [2.05, 4.69) is 4.74 Å². The van der Waals surface area contributed by atoms with Crippen LogP contribution in [0.2, 0.25) is 0 Å². The van der Waals surface area contributed by atoms with Crippen LogP contribution >= 0.6 is 19.4 Å². The average Bonchev–Trinajstić information content (AvgIpc) is 2.56. The summed E-state index contributed by atoms with van der Waals surface area (Å²) < 4.78 is 26.5. The van der Waals surface area contributed by atoms with Crippen molar-refractivity contribution in [1.82, 2.24) is 0 Å². The molecule has 0 fully saturated rings. The molecule has 2 aromatic rings. The molecule has 1 unspecified atom stereocenters. The minimum absolute atomic E-state index is 0.0447. The summed E-state index contributed by atoms with van der Waals surface area (Å²) in [5.41, 5.74) is 1.42. The van der Waals surface area contributed by atoms with Gasteiger partial charge in [-0.3, -0.25) is 14.2 Å². The van der Waals surface area contributed by atoms with E-state index < -0.39 is 13.8 Å². The number of carbonyl (C=O) groups excluding carboxylic acids is 1. The molecule has 6 nitrogen and oxygen atoms in total. The first-order valence-electron chi connectivity index (χ1n) is 7.00. The first-order valence-corrected chi connectivity index (χ1v) is 9.03. The number of hydrogen-bond donors (Lipinski definition) is 1. The molecule has 2 rings (SSSR count). The highest BCUT2D eigenvalue weighted by Gasteiger charge is 2.23. The highest BCUT2D eigenvalue weighted by atomic mass is 35.5. The van der Waals surface area contributed by atoms with Crippen LogP contribution in [0.1, 0.15) is 11.1 Å². The van der Waals surface area contributed by atoms with Crippen LogP contribution in [0.4, 0.5) is 0 Å². The second kappa shape index (κ2) is 8.85. The highest BCUT2D eigenvalue weighted by molar-refractivity contribution is 7.47. The number of benzene rings is 2. The van der Waals surface area contributed by atoms with E-state index in [1.54, 1.807) is 36.4 Å². The van der Waals surface area contributed by atoms with Crippen LogP contribution in [0.5, 0.6) is 5.75 Å². The lowest BCUT2D eigenvalue weighted by atomic mass is 10.1. The van der Waals surface area contributed by atoms with Gasteiger partial charge in [-0.1, -0.05) is 54.1 Å². The van der Waals surface area contributed by atoms with Crippen molar-refractivity contribution in [2.75, 3.05) is 6.07 Å². The molecule has 0 heterocycles. The van der Waals surface area contributed by atoms with Crippen molar-refractivity contribution in [3.63, 3.8) is 0 Å². The van der Waals surface area contributed by atoms with Gasteiger partial charge in [0, 0.05) is 0 Å². The molecule has 8 heteroatoms.